The first-order valence-corrected chi connectivity index (χ1v) is 6.03. The van der Waals surface area contributed by atoms with Crippen molar-refractivity contribution in [2.45, 2.75) is 32.6 Å². The Morgan fingerprint density at radius 3 is 2.93 bits per heavy atom. The van der Waals surface area contributed by atoms with Crippen molar-refractivity contribution in [3.8, 4) is 0 Å². The maximum absolute atomic E-state index is 13.5. The Hall–Kier alpha value is -0.630. The van der Waals surface area contributed by atoms with E-state index >= 15 is 0 Å². The number of likely N-dealkylation sites (tertiary alicyclic amines) is 1. The highest BCUT2D eigenvalue weighted by Gasteiger charge is 2.18. The number of halogens is 1. The Kier molecular flexibility index (Phi) is 3.57. The van der Waals surface area contributed by atoms with Crippen LogP contribution >= 0.6 is 0 Å². The third kappa shape index (κ3) is 2.91. The maximum atomic E-state index is 13.5. The van der Waals surface area contributed by atoms with Crippen molar-refractivity contribution in [2.24, 2.45) is 5.92 Å². The average Bonchev–Trinajstić information content (AvgIpc) is 2.22. The maximum Gasteiger partial charge on any atom is 0.123 e. The van der Waals surface area contributed by atoms with E-state index in [1.807, 2.05) is 0 Å². The highest BCUT2D eigenvalue weighted by atomic mass is 19.1. The third-order valence-electron chi connectivity index (χ3n) is 3.32. The van der Waals surface area contributed by atoms with E-state index in [0.29, 0.717) is 0 Å². The zero-order valence-electron chi connectivity index (χ0n) is 9.51. The molecule has 1 saturated heterocycles. The van der Waals surface area contributed by atoms with Gasteiger partial charge in [0.2, 0.25) is 0 Å². The Balaban J connectivity index is 1.90. The number of hydrogen-bond donors (Lipinski definition) is 0. The second-order valence-electron chi connectivity index (χ2n) is 4.84. The second kappa shape index (κ2) is 4.93. The molecule has 0 radical (unpaired) electrons. The molecule has 0 aromatic carbocycles. The third-order valence-corrected chi connectivity index (χ3v) is 3.32. The Labute approximate surface area is 91.7 Å². The summed E-state index contributed by atoms with van der Waals surface area (Å²) in [6, 6.07) is 0. The molecule has 1 aliphatic carbocycles. The fraction of sp³-hybridized carbons (Fsp3) is 0.692. The lowest BCUT2D eigenvalue weighted by Gasteiger charge is -2.31. The summed E-state index contributed by atoms with van der Waals surface area (Å²) >= 11 is 0. The SMILES string of the molecule is CC1CCCN(CC2=CCCC=C2F)C1. The number of allylic oxidation sites excluding steroid dienone is 2. The first-order valence-electron chi connectivity index (χ1n) is 6.03. The highest BCUT2D eigenvalue weighted by molar-refractivity contribution is 5.29. The zero-order chi connectivity index (χ0) is 10.7. The smallest absolute Gasteiger partial charge is 0.123 e. The van der Waals surface area contributed by atoms with Gasteiger partial charge in [-0.05, 0) is 49.8 Å². The predicted molar refractivity (Wildman–Crippen MR) is 61.3 cm³/mol. The van der Waals surface area contributed by atoms with E-state index in [4.69, 9.17) is 0 Å². The normalized spacial score (nSPS) is 28.5. The molecule has 2 heteroatoms. The molecule has 1 unspecified atom stereocenters. The molecule has 1 fully saturated rings. The van der Waals surface area contributed by atoms with Crippen LogP contribution in [0.4, 0.5) is 4.39 Å². The van der Waals surface area contributed by atoms with Gasteiger partial charge in [0.1, 0.15) is 5.83 Å². The van der Waals surface area contributed by atoms with Crippen molar-refractivity contribution in [1.82, 2.24) is 4.90 Å². The van der Waals surface area contributed by atoms with Crippen molar-refractivity contribution >= 4 is 0 Å². The molecule has 2 rings (SSSR count). The average molecular weight is 209 g/mol. The lowest BCUT2D eigenvalue weighted by Crippen LogP contribution is -2.35. The predicted octanol–water partition coefficient (Wildman–Crippen LogP) is 3.29. The van der Waals surface area contributed by atoms with Crippen LogP contribution in [0, 0.1) is 5.92 Å². The minimum atomic E-state index is 0.0134. The summed E-state index contributed by atoms with van der Waals surface area (Å²) in [6.45, 7) is 5.36. The van der Waals surface area contributed by atoms with Gasteiger partial charge in [0.25, 0.3) is 0 Å². The van der Waals surface area contributed by atoms with Crippen molar-refractivity contribution in [3.63, 3.8) is 0 Å². The lowest BCUT2D eigenvalue weighted by molar-refractivity contribution is 0.197. The monoisotopic (exact) mass is 209 g/mol. The molecule has 0 saturated carbocycles. The van der Waals surface area contributed by atoms with Crippen LogP contribution in [0.25, 0.3) is 0 Å². The van der Waals surface area contributed by atoms with Gasteiger partial charge in [-0.25, -0.2) is 4.39 Å². The van der Waals surface area contributed by atoms with Gasteiger partial charge in [-0.1, -0.05) is 13.0 Å². The topological polar surface area (TPSA) is 3.24 Å². The van der Waals surface area contributed by atoms with Crippen LogP contribution in [0.5, 0.6) is 0 Å². The van der Waals surface area contributed by atoms with Crippen LogP contribution < -0.4 is 0 Å². The molecule has 84 valence electrons. The first-order chi connectivity index (χ1) is 7.25. The molecule has 0 amide bonds. The highest BCUT2D eigenvalue weighted by Crippen LogP contribution is 2.23. The largest absolute Gasteiger partial charge is 0.299 e. The fourth-order valence-corrected chi connectivity index (χ4v) is 2.51. The Morgan fingerprint density at radius 2 is 2.20 bits per heavy atom. The summed E-state index contributed by atoms with van der Waals surface area (Å²) in [5.41, 5.74) is 0.912. The molecule has 2 aliphatic rings. The van der Waals surface area contributed by atoms with Crippen LogP contribution in [0.2, 0.25) is 0 Å². The number of hydrogen-bond acceptors (Lipinski definition) is 1. The summed E-state index contributed by atoms with van der Waals surface area (Å²) < 4.78 is 13.5. The molecule has 1 atom stereocenters. The van der Waals surface area contributed by atoms with Crippen LogP contribution in [-0.4, -0.2) is 24.5 Å². The van der Waals surface area contributed by atoms with Gasteiger partial charge in [0.15, 0.2) is 0 Å². The van der Waals surface area contributed by atoms with Gasteiger partial charge in [0.05, 0.1) is 0 Å². The summed E-state index contributed by atoms with van der Waals surface area (Å²) in [4.78, 5) is 2.39. The number of rotatable bonds is 2. The molecule has 15 heavy (non-hydrogen) atoms. The van der Waals surface area contributed by atoms with E-state index in [9.17, 15) is 4.39 Å². The molecule has 0 aromatic heterocycles. The van der Waals surface area contributed by atoms with E-state index in [2.05, 4.69) is 17.9 Å². The molecule has 1 heterocycles. The van der Waals surface area contributed by atoms with Gasteiger partial charge in [0, 0.05) is 13.1 Å². The van der Waals surface area contributed by atoms with Crippen molar-refractivity contribution in [3.05, 3.63) is 23.6 Å². The first kappa shape index (κ1) is 10.9. The van der Waals surface area contributed by atoms with E-state index in [0.717, 1.165) is 44.0 Å². The molecule has 1 nitrogen and oxygen atoms in total. The molecule has 0 bridgehead atoms. The Bertz CT molecular complexity index is 280. The standard InChI is InChI=1S/C13H20FN/c1-11-5-4-8-15(9-11)10-12-6-2-3-7-13(12)14/h6-7,11H,2-5,8-10H2,1H3. The van der Waals surface area contributed by atoms with Crippen LogP contribution in [0.1, 0.15) is 32.6 Å². The number of nitrogens with zero attached hydrogens (tertiary/aromatic N) is 1. The Morgan fingerprint density at radius 1 is 1.40 bits per heavy atom. The van der Waals surface area contributed by atoms with Gasteiger partial charge < -0.3 is 0 Å². The molecule has 1 aliphatic heterocycles. The molecule has 0 aromatic rings. The molecular formula is C13H20FN. The number of piperidine rings is 1. The van der Waals surface area contributed by atoms with Crippen molar-refractivity contribution < 1.29 is 4.39 Å². The summed E-state index contributed by atoms with van der Waals surface area (Å²) in [5, 5.41) is 0. The van der Waals surface area contributed by atoms with E-state index in [1.54, 1.807) is 6.08 Å². The van der Waals surface area contributed by atoms with Gasteiger partial charge in [-0.15, -0.1) is 0 Å². The fourth-order valence-electron chi connectivity index (χ4n) is 2.51. The zero-order valence-corrected chi connectivity index (χ0v) is 9.51. The van der Waals surface area contributed by atoms with Gasteiger partial charge in [-0.3, -0.25) is 4.90 Å². The van der Waals surface area contributed by atoms with E-state index in [-0.39, 0.29) is 5.83 Å². The minimum Gasteiger partial charge on any atom is -0.299 e. The van der Waals surface area contributed by atoms with Crippen LogP contribution in [0.15, 0.2) is 23.6 Å². The summed E-state index contributed by atoms with van der Waals surface area (Å²) in [7, 11) is 0. The van der Waals surface area contributed by atoms with Gasteiger partial charge >= 0.3 is 0 Å². The van der Waals surface area contributed by atoms with Crippen molar-refractivity contribution in [1.29, 1.82) is 0 Å². The molecule has 0 spiro atoms. The van der Waals surface area contributed by atoms with Gasteiger partial charge in [-0.2, -0.15) is 0 Å². The summed E-state index contributed by atoms with van der Waals surface area (Å²) in [6.07, 6.45) is 8.25. The second-order valence-corrected chi connectivity index (χ2v) is 4.84. The minimum absolute atomic E-state index is 0.0134. The molecule has 0 N–H and O–H groups in total. The lowest BCUT2D eigenvalue weighted by atomic mass is 9.98. The summed E-state index contributed by atoms with van der Waals surface area (Å²) in [5.74, 6) is 0.787. The van der Waals surface area contributed by atoms with Crippen LogP contribution in [-0.2, 0) is 0 Å². The van der Waals surface area contributed by atoms with E-state index in [1.165, 1.54) is 12.8 Å². The van der Waals surface area contributed by atoms with Crippen molar-refractivity contribution in [2.75, 3.05) is 19.6 Å². The molecular weight excluding hydrogens is 189 g/mol. The quantitative estimate of drug-likeness (QED) is 0.674. The van der Waals surface area contributed by atoms with E-state index < -0.39 is 0 Å². The van der Waals surface area contributed by atoms with Crippen LogP contribution in [0.3, 0.4) is 0 Å².